The van der Waals surface area contributed by atoms with Gasteiger partial charge >= 0.3 is 0 Å². The Labute approximate surface area is 115 Å². The zero-order valence-electron chi connectivity index (χ0n) is 11.6. The molecule has 1 saturated carbocycles. The minimum atomic E-state index is 0.695. The molecule has 1 aromatic rings. The molecular weight excluding hydrogens is 236 g/mol. The average Bonchev–Trinajstić information content (AvgIpc) is 3.25. The fourth-order valence-electron chi connectivity index (χ4n) is 2.87. The summed E-state index contributed by atoms with van der Waals surface area (Å²) in [6.45, 7) is 6.55. The molecule has 1 aromatic heterocycles. The molecule has 3 rings (SSSR count). The van der Waals surface area contributed by atoms with Gasteiger partial charge in [-0.15, -0.1) is 0 Å². The monoisotopic (exact) mass is 260 g/mol. The Balaban J connectivity index is 1.60. The van der Waals surface area contributed by atoms with Crippen LogP contribution in [0.3, 0.4) is 0 Å². The Morgan fingerprint density at radius 1 is 1.21 bits per heavy atom. The molecule has 0 bridgehead atoms. The highest BCUT2D eigenvalue weighted by Gasteiger charge is 2.27. The fraction of sp³-hybridized carbons (Fsp3) is 0.667. The van der Waals surface area contributed by atoms with Crippen LogP contribution in [0.2, 0.25) is 0 Å². The number of anilines is 1. The normalized spacial score (nSPS) is 20.8. The van der Waals surface area contributed by atoms with Crippen molar-refractivity contribution in [2.75, 3.05) is 44.2 Å². The van der Waals surface area contributed by atoms with Crippen molar-refractivity contribution >= 4 is 5.82 Å². The van der Waals surface area contributed by atoms with Crippen molar-refractivity contribution in [3.05, 3.63) is 23.9 Å². The second-order valence-corrected chi connectivity index (χ2v) is 5.76. The van der Waals surface area contributed by atoms with Crippen LogP contribution in [0, 0.1) is 5.92 Å². The van der Waals surface area contributed by atoms with Crippen LogP contribution in [0.5, 0.6) is 0 Å². The number of pyridine rings is 1. The molecule has 1 saturated heterocycles. The second-order valence-electron chi connectivity index (χ2n) is 5.76. The molecule has 2 aliphatic rings. The molecule has 4 heteroatoms. The summed E-state index contributed by atoms with van der Waals surface area (Å²) < 4.78 is 0. The van der Waals surface area contributed by atoms with E-state index < -0.39 is 0 Å². The van der Waals surface area contributed by atoms with Crippen LogP contribution in [-0.4, -0.2) is 49.2 Å². The van der Waals surface area contributed by atoms with E-state index in [1.807, 2.05) is 12.3 Å². The summed E-state index contributed by atoms with van der Waals surface area (Å²) in [6, 6.07) is 4.17. The maximum Gasteiger partial charge on any atom is 0.131 e. The molecule has 2 fully saturated rings. The second kappa shape index (κ2) is 5.88. The van der Waals surface area contributed by atoms with E-state index in [2.05, 4.69) is 20.9 Å². The molecular formula is C15H24N4. The van der Waals surface area contributed by atoms with E-state index in [1.54, 1.807) is 0 Å². The first-order chi connectivity index (χ1) is 9.36. The van der Waals surface area contributed by atoms with Crippen molar-refractivity contribution < 1.29 is 0 Å². The van der Waals surface area contributed by atoms with Crippen LogP contribution in [0.4, 0.5) is 5.82 Å². The molecule has 0 aromatic carbocycles. The predicted octanol–water partition coefficient (Wildman–Crippen LogP) is 1.11. The molecule has 1 aliphatic carbocycles. The van der Waals surface area contributed by atoms with Gasteiger partial charge in [-0.25, -0.2) is 4.98 Å². The molecule has 4 nitrogen and oxygen atoms in total. The maximum atomic E-state index is 5.69. The van der Waals surface area contributed by atoms with Gasteiger partial charge in [0, 0.05) is 38.9 Å². The van der Waals surface area contributed by atoms with Crippen molar-refractivity contribution in [1.82, 2.24) is 9.88 Å². The lowest BCUT2D eigenvalue weighted by Crippen LogP contribution is -2.47. The Bertz CT molecular complexity index is 408. The Hall–Kier alpha value is -1.13. The van der Waals surface area contributed by atoms with E-state index in [1.165, 1.54) is 38.0 Å². The zero-order valence-corrected chi connectivity index (χ0v) is 11.6. The first kappa shape index (κ1) is 12.9. The number of hydrogen-bond donors (Lipinski definition) is 1. The van der Waals surface area contributed by atoms with E-state index in [0.29, 0.717) is 6.54 Å². The fourth-order valence-corrected chi connectivity index (χ4v) is 2.87. The third-order valence-electron chi connectivity index (χ3n) is 4.17. The smallest absolute Gasteiger partial charge is 0.131 e. The minimum absolute atomic E-state index is 0.695. The molecule has 104 valence electrons. The zero-order chi connectivity index (χ0) is 13.1. The van der Waals surface area contributed by atoms with Crippen LogP contribution in [0.25, 0.3) is 0 Å². The summed E-state index contributed by atoms with van der Waals surface area (Å²) >= 11 is 0. The highest BCUT2D eigenvalue weighted by molar-refractivity contribution is 5.47. The van der Waals surface area contributed by atoms with Gasteiger partial charge in [0.05, 0.1) is 0 Å². The van der Waals surface area contributed by atoms with Crippen molar-refractivity contribution in [2.24, 2.45) is 11.7 Å². The van der Waals surface area contributed by atoms with Gasteiger partial charge in [0.1, 0.15) is 5.82 Å². The first-order valence-corrected chi connectivity index (χ1v) is 7.48. The highest BCUT2D eigenvalue weighted by atomic mass is 15.3. The van der Waals surface area contributed by atoms with E-state index in [4.69, 9.17) is 5.73 Å². The van der Waals surface area contributed by atoms with Crippen molar-refractivity contribution in [3.8, 4) is 0 Å². The third-order valence-corrected chi connectivity index (χ3v) is 4.17. The number of nitrogens with two attached hydrogens (primary N) is 1. The summed E-state index contributed by atoms with van der Waals surface area (Å²) in [5.74, 6) is 2.15. The molecule has 0 spiro atoms. The topological polar surface area (TPSA) is 45.4 Å². The molecule has 0 atom stereocenters. The highest BCUT2D eigenvalue weighted by Crippen LogP contribution is 2.30. The Morgan fingerprint density at radius 2 is 2.00 bits per heavy atom. The lowest BCUT2D eigenvalue weighted by atomic mass is 10.1. The summed E-state index contributed by atoms with van der Waals surface area (Å²) in [5.41, 5.74) is 6.98. The van der Waals surface area contributed by atoms with Crippen LogP contribution in [0.15, 0.2) is 18.3 Å². The molecule has 0 amide bonds. The quantitative estimate of drug-likeness (QED) is 0.861. The van der Waals surface area contributed by atoms with Gasteiger partial charge in [-0.2, -0.15) is 0 Å². The predicted molar refractivity (Wildman–Crippen MR) is 78.4 cm³/mol. The van der Waals surface area contributed by atoms with Gasteiger partial charge in [-0.3, -0.25) is 4.90 Å². The number of nitrogens with zero attached hydrogens (tertiary/aromatic N) is 3. The van der Waals surface area contributed by atoms with Gasteiger partial charge in [0.2, 0.25) is 0 Å². The molecule has 2 N–H and O–H groups in total. The maximum absolute atomic E-state index is 5.69. The van der Waals surface area contributed by atoms with Crippen molar-refractivity contribution in [2.45, 2.75) is 19.3 Å². The largest absolute Gasteiger partial charge is 0.354 e. The van der Waals surface area contributed by atoms with Gasteiger partial charge < -0.3 is 10.6 Å². The number of aromatic nitrogens is 1. The molecule has 2 heterocycles. The van der Waals surface area contributed by atoms with E-state index >= 15 is 0 Å². The Kier molecular flexibility index (Phi) is 3.99. The molecule has 1 aliphatic heterocycles. The number of hydrogen-bond acceptors (Lipinski definition) is 4. The standard InChI is InChI=1S/C15H24N4/c16-6-5-14-2-1-7-17-15(14)19-10-8-18(9-11-19)12-13-3-4-13/h1-2,7,13H,3-6,8-12,16H2. The first-order valence-electron chi connectivity index (χ1n) is 7.48. The van der Waals surface area contributed by atoms with Crippen LogP contribution in [0.1, 0.15) is 18.4 Å². The molecule has 0 unspecified atom stereocenters. The third kappa shape index (κ3) is 3.25. The van der Waals surface area contributed by atoms with E-state index in [-0.39, 0.29) is 0 Å². The summed E-state index contributed by atoms with van der Waals surface area (Å²) in [4.78, 5) is 9.61. The van der Waals surface area contributed by atoms with Crippen molar-refractivity contribution in [1.29, 1.82) is 0 Å². The lowest BCUT2D eigenvalue weighted by Gasteiger charge is -2.36. The lowest BCUT2D eigenvalue weighted by molar-refractivity contribution is 0.247. The Morgan fingerprint density at radius 3 is 2.68 bits per heavy atom. The number of rotatable bonds is 5. The van der Waals surface area contributed by atoms with Gasteiger partial charge in [0.15, 0.2) is 0 Å². The van der Waals surface area contributed by atoms with Gasteiger partial charge in [0.25, 0.3) is 0 Å². The molecule has 19 heavy (non-hydrogen) atoms. The summed E-state index contributed by atoms with van der Waals surface area (Å²) in [7, 11) is 0. The van der Waals surface area contributed by atoms with Crippen LogP contribution in [-0.2, 0) is 6.42 Å². The van der Waals surface area contributed by atoms with E-state index in [0.717, 1.165) is 31.2 Å². The molecule has 0 radical (unpaired) electrons. The summed E-state index contributed by atoms with van der Waals surface area (Å²) in [6.07, 6.45) is 5.71. The SMILES string of the molecule is NCCc1cccnc1N1CCN(CC2CC2)CC1. The van der Waals surface area contributed by atoms with Crippen molar-refractivity contribution in [3.63, 3.8) is 0 Å². The van der Waals surface area contributed by atoms with E-state index in [9.17, 15) is 0 Å². The number of piperazine rings is 1. The minimum Gasteiger partial charge on any atom is -0.354 e. The van der Waals surface area contributed by atoms with Gasteiger partial charge in [-0.1, -0.05) is 6.07 Å². The summed E-state index contributed by atoms with van der Waals surface area (Å²) in [5, 5.41) is 0. The van der Waals surface area contributed by atoms with Gasteiger partial charge in [-0.05, 0) is 43.4 Å². The average molecular weight is 260 g/mol. The van der Waals surface area contributed by atoms with Crippen LogP contribution >= 0.6 is 0 Å². The van der Waals surface area contributed by atoms with Crippen LogP contribution < -0.4 is 10.6 Å².